The molecule has 0 aliphatic carbocycles. The quantitative estimate of drug-likeness (QED) is 0.589. The first-order valence-electron chi connectivity index (χ1n) is 9.73. The SMILES string of the molecule is Fc1c(CNc2ccnc3cc4c(cc23)C2(CCOCC2)OO4)cccc1C(F)F. The molecule has 3 aromatic rings. The first-order chi connectivity index (χ1) is 14.6. The molecule has 5 rings (SSSR count). The minimum absolute atomic E-state index is 0.0641. The van der Waals surface area contributed by atoms with E-state index >= 15 is 0 Å². The highest BCUT2D eigenvalue weighted by atomic mass is 19.3. The lowest BCUT2D eigenvalue weighted by Gasteiger charge is -2.30. The molecule has 0 amide bonds. The van der Waals surface area contributed by atoms with Crippen molar-refractivity contribution in [2.45, 2.75) is 31.4 Å². The fraction of sp³-hybridized carbons (Fsp3) is 0.318. The summed E-state index contributed by atoms with van der Waals surface area (Å²) in [5, 5.41) is 3.98. The molecule has 0 atom stereocenters. The minimum Gasteiger partial charge on any atom is -0.381 e. The van der Waals surface area contributed by atoms with Crippen LogP contribution < -0.4 is 10.2 Å². The van der Waals surface area contributed by atoms with E-state index in [-0.39, 0.29) is 12.1 Å². The molecule has 1 fully saturated rings. The van der Waals surface area contributed by atoms with Crippen LogP contribution in [0, 0.1) is 5.82 Å². The van der Waals surface area contributed by atoms with Crippen molar-refractivity contribution in [1.82, 2.24) is 4.98 Å². The summed E-state index contributed by atoms with van der Waals surface area (Å²) in [6, 6.07) is 9.60. The van der Waals surface area contributed by atoms with Gasteiger partial charge in [0.05, 0.1) is 11.1 Å². The summed E-state index contributed by atoms with van der Waals surface area (Å²) in [4.78, 5) is 15.6. The van der Waals surface area contributed by atoms with Gasteiger partial charge in [-0.1, -0.05) is 18.2 Å². The molecule has 156 valence electrons. The molecule has 1 saturated heterocycles. The van der Waals surface area contributed by atoms with Gasteiger partial charge in [-0.25, -0.2) is 13.2 Å². The second kappa shape index (κ2) is 7.45. The fourth-order valence-corrected chi connectivity index (χ4v) is 4.07. The zero-order valence-electron chi connectivity index (χ0n) is 16.0. The molecule has 1 aromatic heterocycles. The highest BCUT2D eigenvalue weighted by molar-refractivity contribution is 5.93. The number of nitrogens with one attached hydrogen (secondary N) is 1. The van der Waals surface area contributed by atoms with Gasteiger partial charge in [-0.3, -0.25) is 4.98 Å². The van der Waals surface area contributed by atoms with Crippen LogP contribution in [0.2, 0.25) is 0 Å². The van der Waals surface area contributed by atoms with Crippen molar-refractivity contribution in [2.75, 3.05) is 18.5 Å². The number of hydrogen-bond acceptors (Lipinski definition) is 5. The van der Waals surface area contributed by atoms with Crippen LogP contribution in [0.5, 0.6) is 5.75 Å². The molecular weight excluding hydrogens is 397 g/mol. The van der Waals surface area contributed by atoms with E-state index in [1.807, 2.05) is 12.1 Å². The van der Waals surface area contributed by atoms with Gasteiger partial charge in [0.25, 0.3) is 6.43 Å². The monoisotopic (exact) mass is 416 g/mol. The van der Waals surface area contributed by atoms with E-state index in [0.29, 0.717) is 37.3 Å². The summed E-state index contributed by atoms with van der Waals surface area (Å²) in [7, 11) is 0. The van der Waals surface area contributed by atoms with E-state index in [9.17, 15) is 13.2 Å². The average molecular weight is 416 g/mol. The van der Waals surface area contributed by atoms with Crippen molar-refractivity contribution < 1.29 is 27.7 Å². The van der Waals surface area contributed by atoms with E-state index in [2.05, 4.69) is 10.3 Å². The number of fused-ring (bicyclic) bond motifs is 3. The summed E-state index contributed by atoms with van der Waals surface area (Å²) >= 11 is 0. The molecule has 2 aliphatic heterocycles. The van der Waals surface area contributed by atoms with Gasteiger partial charge in [-0.15, -0.1) is 0 Å². The third kappa shape index (κ3) is 3.16. The summed E-state index contributed by atoms with van der Waals surface area (Å²) in [6.07, 6.45) is 0.133. The first-order valence-corrected chi connectivity index (χ1v) is 9.73. The number of nitrogens with zero attached hydrogens (tertiary/aromatic N) is 1. The van der Waals surface area contributed by atoms with Gasteiger partial charge in [-0.05, 0) is 12.1 Å². The zero-order chi connectivity index (χ0) is 20.7. The van der Waals surface area contributed by atoms with Crippen molar-refractivity contribution in [3.8, 4) is 5.75 Å². The number of benzene rings is 2. The van der Waals surface area contributed by atoms with Crippen LogP contribution in [0.25, 0.3) is 10.9 Å². The van der Waals surface area contributed by atoms with E-state index in [4.69, 9.17) is 14.5 Å². The highest BCUT2D eigenvalue weighted by Gasteiger charge is 2.45. The number of rotatable bonds is 4. The third-order valence-electron chi connectivity index (χ3n) is 5.74. The summed E-state index contributed by atoms with van der Waals surface area (Å²) in [5.41, 5.74) is 1.37. The number of pyridine rings is 1. The number of aromatic nitrogens is 1. The number of alkyl halides is 2. The second-order valence-corrected chi connectivity index (χ2v) is 7.47. The normalized spacial score (nSPS) is 17.3. The zero-order valence-corrected chi connectivity index (χ0v) is 16.0. The van der Waals surface area contributed by atoms with Crippen molar-refractivity contribution >= 4 is 16.6 Å². The lowest BCUT2D eigenvalue weighted by Crippen LogP contribution is -2.33. The number of anilines is 1. The van der Waals surface area contributed by atoms with E-state index in [1.54, 1.807) is 12.3 Å². The van der Waals surface area contributed by atoms with E-state index in [0.717, 1.165) is 22.7 Å². The molecule has 1 N–H and O–H groups in total. The van der Waals surface area contributed by atoms with Gasteiger partial charge in [-0.2, -0.15) is 4.89 Å². The molecule has 2 aromatic carbocycles. The Bertz CT molecular complexity index is 1100. The molecule has 1 spiro atoms. The average Bonchev–Trinajstić information content (AvgIpc) is 3.08. The van der Waals surface area contributed by atoms with Crippen molar-refractivity contribution in [2.24, 2.45) is 0 Å². The third-order valence-corrected chi connectivity index (χ3v) is 5.74. The Morgan fingerprint density at radius 1 is 1.13 bits per heavy atom. The Kier molecular flexibility index (Phi) is 4.75. The number of hydrogen-bond donors (Lipinski definition) is 1. The molecule has 3 heterocycles. The molecule has 0 bridgehead atoms. The molecule has 0 unspecified atom stereocenters. The standard InChI is InChI=1S/C22H19F3N2O3/c23-20-13(2-1-3-14(20)21(24)25)12-27-17-4-7-26-18-11-19-16(10-15(17)18)22(30-29-19)5-8-28-9-6-22/h1-4,7,10-11,21H,5-6,8-9,12H2,(H,26,27). The maximum absolute atomic E-state index is 14.4. The summed E-state index contributed by atoms with van der Waals surface area (Å²) in [6.45, 7) is 1.23. The van der Waals surface area contributed by atoms with Gasteiger partial charge >= 0.3 is 0 Å². The van der Waals surface area contributed by atoms with Gasteiger partial charge in [0.2, 0.25) is 0 Å². The van der Waals surface area contributed by atoms with Crippen LogP contribution >= 0.6 is 0 Å². The van der Waals surface area contributed by atoms with Crippen LogP contribution in [0.1, 0.15) is 36.0 Å². The number of halogens is 3. The largest absolute Gasteiger partial charge is 0.381 e. The minimum atomic E-state index is -2.86. The number of ether oxygens (including phenoxy) is 1. The predicted molar refractivity (Wildman–Crippen MR) is 104 cm³/mol. The molecule has 8 heteroatoms. The van der Waals surface area contributed by atoms with Gasteiger partial charge in [0.15, 0.2) is 5.75 Å². The van der Waals surface area contributed by atoms with Crippen LogP contribution in [0.15, 0.2) is 42.6 Å². The van der Waals surface area contributed by atoms with Crippen molar-refractivity contribution in [1.29, 1.82) is 0 Å². The second-order valence-electron chi connectivity index (χ2n) is 7.47. The maximum atomic E-state index is 14.4. The Balaban J connectivity index is 1.49. The Hall–Kier alpha value is -2.84. The Morgan fingerprint density at radius 3 is 2.77 bits per heavy atom. The van der Waals surface area contributed by atoms with E-state index in [1.165, 1.54) is 12.1 Å². The molecule has 0 saturated carbocycles. The molecule has 5 nitrogen and oxygen atoms in total. The first kappa shape index (κ1) is 19.1. The van der Waals surface area contributed by atoms with Crippen LogP contribution in [-0.4, -0.2) is 18.2 Å². The molecule has 30 heavy (non-hydrogen) atoms. The molecule has 0 radical (unpaired) electrons. The van der Waals surface area contributed by atoms with Gasteiger partial charge in [0, 0.05) is 67.1 Å². The van der Waals surface area contributed by atoms with Gasteiger partial charge < -0.3 is 14.9 Å². The molecule has 2 aliphatic rings. The summed E-state index contributed by atoms with van der Waals surface area (Å²) in [5.74, 6) is -0.257. The van der Waals surface area contributed by atoms with E-state index < -0.39 is 23.4 Å². The van der Waals surface area contributed by atoms with Gasteiger partial charge in [0.1, 0.15) is 11.4 Å². The van der Waals surface area contributed by atoms with Crippen molar-refractivity contribution in [3.05, 3.63) is 65.1 Å². The molecular formula is C22H19F3N2O3. The lowest BCUT2D eigenvalue weighted by molar-refractivity contribution is -0.290. The maximum Gasteiger partial charge on any atom is 0.266 e. The van der Waals surface area contributed by atoms with Crippen LogP contribution in [-0.2, 0) is 21.8 Å². The lowest BCUT2D eigenvalue weighted by atomic mass is 9.85. The van der Waals surface area contributed by atoms with Crippen molar-refractivity contribution in [3.63, 3.8) is 0 Å². The van der Waals surface area contributed by atoms with Crippen LogP contribution in [0.4, 0.5) is 18.9 Å². The fourth-order valence-electron chi connectivity index (χ4n) is 4.07. The van der Waals surface area contributed by atoms with Crippen LogP contribution in [0.3, 0.4) is 0 Å². The smallest absolute Gasteiger partial charge is 0.266 e. The highest BCUT2D eigenvalue weighted by Crippen LogP contribution is 2.48. The Labute approximate surface area is 170 Å². The Morgan fingerprint density at radius 2 is 1.97 bits per heavy atom. The topological polar surface area (TPSA) is 52.6 Å². The predicted octanol–water partition coefficient (Wildman–Crippen LogP) is 5.25. The summed E-state index contributed by atoms with van der Waals surface area (Å²) < 4.78 is 45.8.